The summed E-state index contributed by atoms with van der Waals surface area (Å²) in [6.45, 7) is 4.49. The fourth-order valence-electron chi connectivity index (χ4n) is 2.82. The second kappa shape index (κ2) is 10.1. The lowest BCUT2D eigenvalue weighted by Gasteiger charge is -2.17. The molecule has 0 radical (unpaired) electrons. The molecule has 30 heavy (non-hydrogen) atoms. The number of nitrogens with one attached hydrogen (secondary N) is 1. The number of benzene rings is 2. The summed E-state index contributed by atoms with van der Waals surface area (Å²) in [5, 5.41) is 11.8. The number of para-hydroxylation sites is 2. The maximum Gasteiger partial charge on any atom is 0.234 e. The SMILES string of the molecule is CCn1c(SCC(=O)Nc2ccc(F)cc2)nnc1C(C)Oc1ccccc1OC. The van der Waals surface area contributed by atoms with E-state index in [9.17, 15) is 9.18 Å². The Morgan fingerprint density at radius 3 is 2.53 bits per heavy atom. The minimum atomic E-state index is -0.365. The summed E-state index contributed by atoms with van der Waals surface area (Å²) in [6, 6.07) is 13.0. The number of halogens is 1. The average molecular weight is 431 g/mol. The molecular formula is C21H23FN4O3S. The van der Waals surface area contributed by atoms with Gasteiger partial charge in [0.1, 0.15) is 5.82 Å². The third kappa shape index (κ3) is 5.29. The number of ether oxygens (including phenoxy) is 2. The van der Waals surface area contributed by atoms with E-state index >= 15 is 0 Å². The van der Waals surface area contributed by atoms with Gasteiger partial charge in [-0.15, -0.1) is 10.2 Å². The standard InChI is InChI=1S/C21H23FN4O3S/c1-4-26-20(14(2)29-18-8-6-5-7-17(18)28-3)24-25-21(26)30-13-19(27)23-16-11-9-15(22)10-12-16/h5-12,14H,4,13H2,1-3H3,(H,23,27). The summed E-state index contributed by atoms with van der Waals surface area (Å²) < 4.78 is 26.2. The first-order valence-electron chi connectivity index (χ1n) is 9.42. The van der Waals surface area contributed by atoms with E-state index in [4.69, 9.17) is 9.47 Å². The number of aromatic nitrogens is 3. The molecule has 0 aliphatic carbocycles. The zero-order valence-electron chi connectivity index (χ0n) is 17.0. The number of anilines is 1. The molecule has 1 aromatic heterocycles. The first-order valence-corrected chi connectivity index (χ1v) is 10.4. The van der Waals surface area contributed by atoms with Crippen molar-refractivity contribution in [1.82, 2.24) is 14.8 Å². The van der Waals surface area contributed by atoms with Crippen molar-refractivity contribution in [3.05, 3.63) is 60.2 Å². The largest absolute Gasteiger partial charge is 0.493 e. The maximum atomic E-state index is 13.0. The molecule has 0 fully saturated rings. The Kier molecular flexibility index (Phi) is 7.29. The quantitative estimate of drug-likeness (QED) is 0.510. The van der Waals surface area contributed by atoms with Gasteiger partial charge >= 0.3 is 0 Å². The third-order valence-electron chi connectivity index (χ3n) is 4.26. The number of hydrogen-bond acceptors (Lipinski definition) is 6. The van der Waals surface area contributed by atoms with Gasteiger partial charge in [0, 0.05) is 12.2 Å². The third-order valence-corrected chi connectivity index (χ3v) is 5.23. The summed E-state index contributed by atoms with van der Waals surface area (Å²) in [6.07, 6.45) is -0.365. The minimum absolute atomic E-state index is 0.150. The summed E-state index contributed by atoms with van der Waals surface area (Å²) in [7, 11) is 1.59. The molecule has 0 aliphatic rings. The lowest BCUT2D eigenvalue weighted by Crippen LogP contribution is -2.15. The number of thioether (sulfide) groups is 1. The highest BCUT2D eigenvalue weighted by atomic mass is 32.2. The van der Waals surface area contributed by atoms with Crippen LogP contribution >= 0.6 is 11.8 Å². The Hall–Kier alpha value is -3.07. The van der Waals surface area contributed by atoms with Crippen LogP contribution in [0.5, 0.6) is 11.5 Å². The highest BCUT2D eigenvalue weighted by molar-refractivity contribution is 7.99. The van der Waals surface area contributed by atoms with Crippen LogP contribution in [0.1, 0.15) is 25.8 Å². The molecule has 158 valence electrons. The summed E-state index contributed by atoms with van der Waals surface area (Å²) in [5.74, 6) is 1.50. The number of carbonyl (C=O) groups is 1. The highest BCUT2D eigenvalue weighted by Crippen LogP contribution is 2.31. The van der Waals surface area contributed by atoms with Crippen LogP contribution in [0.15, 0.2) is 53.7 Å². The second-order valence-electron chi connectivity index (χ2n) is 6.34. The number of methoxy groups -OCH3 is 1. The van der Waals surface area contributed by atoms with Crippen molar-refractivity contribution in [2.24, 2.45) is 0 Å². The van der Waals surface area contributed by atoms with Gasteiger partial charge in [-0.2, -0.15) is 0 Å². The van der Waals surface area contributed by atoms with E-state index in [-0.39, 0.29) is 23.6 Å². The fourth-order valence-corrected chi connectivity index (χ4v) is 3.63. The molecule has 1 heterocycles. The van der Waals surface area contributed by atoms with Gasteiger partial charge in [0.15, 0.2) is 28.6 Å². The Morgan fingerprint density at radius 1 is 1.17 bits per heavy atom. The summed E-state index contributed by atoms with van der Waals surface area (Å²) in [4.78, 5) is 12.2. The van der Waals surface area contributed by atoms with Crippen LogP contribution < -0.4 is 14.8 Å². The van der Waals surface area contributed by atoms with Crippen LogP contribution in [0.25, 0.3) is 0 Å². The van der Waals surface area contributed by atoms with E-state index in [1.807, 2.05) is 42.7 Å². The minimum Gasteiger partial charge on any atom is -0.493 e. The fraction of sp³-hybridized carbons (Fsp3) is 0.286. The van der Waals surface area contributed by atoms with E-state index in [2.05, 4.69) is 15.5 Å². The molecule has 1 atom stereocenters. The lowest BCUT2D eigenvalue weighted by molar-refractivity contribution is -0.113. The number of hydrogen-bond donors (Lipinski definition) is 1. The van der Waals surface area contributed by atoms with E-state index in [1.165, 1.54) is 36.0 Å². The zero-order chi connectivity index (χ0) is 21.5. The molecule has 2 aromatic carbocycles. The second-order valence-corrected chi connectivity index (χ2v) is 7.28. The number of nitrogens with zero attached hydrogens (tertiary/aromatic N) is 3. The first-order chi connectivity index (χ1) is 14.5. The van der Waals surface area contributed by atoms with E-state index in [0.29, 0.717) is 34.7 Å². The van der Waals surface area contributed by atoms with Gasteiger partial charge in [0.05, 0.1) is 12.9 Å². The van der Waals surface area contributed by atoms with Crippen LogP contribution in [-0.4, -0.2) is 33.5 Å². The van der Waals surface area contributed by atoms with E-state index in [1.54, 1.807) is 7.11 Å². The van der Waals surface area contributed by atoms with Crippen molar-refractivity contribution in [3.8, 4) is 11.5 Å². The van der Waals surface area contributed by atoms with E-state index < -0.39 is 0 Å². The molecule has 1 unspecified atom stereocenters. The average Bonchev–Trinajstić information content (AvgIpc) is 3.17. The van der Waals surface area contributed by atoms with Crippen LogP contribution in [0, 0.1) is 5.82 Å². The van der Waals surface area contributed by atoms with Gasteiger partial charge in [-0.25, -0.2) is 4.39 Å². The Balaban J connectivity index is 1.64. The summed E-state index contributed by atoms with van der Waals surface area (Å²) >= 11 is 1.28. The van der Waals surface area contributed by atoms with Crippen molar-refractivity contribution in [2.45, 2.75) is 31.7 Å². The van der Waals surface area contributed by atoms with Crippen molar-refractivity contribution in [2.75, 3.05) is 18.2 Å². The lowest BCUT2D eigenvalue weighted by atomic mass is 10.3. The number of amides is 1. The Bertz CT molecular complexity index is 994. The molecule has 1 N–H and O–H groups in total. The molecule has 3 aromatic rings. The smallest absolute Gasteiger partial charge is 0.234 e. The van der Waals surface area contributed by atoms with Crippen LogP contribution in [0.3, 0.4) is 0 Å². The molecule has 1 amide bonds. The van der Waals surface area contributed by atoms with Crippen molar-refractivity contribution in [1.29, 1.82) is 0 Å². The Morgan fingerprint density at radius 2 is 1.87 bits per heavy atom. The van der Waals surface area contributed by atoms with Crippen LogP contribution in [0.4, 0.5) is 10.1 Å². The molecule has 0 spiro atoms. The van der Waals surface area contributed by atoms with Gasteiger partial charge in [-0.05, 0) is 50.2 Å². The van der Waals surface area contributed by atoms with Crippen LogP contribution in [-0.2, 0) is 11.3 Å². The van der Waals surface area contributed by atoms with Gasteiger partial charge in [0.2, 0.25) is 5.91 Å². The molecule has 0 saturated heterocycles. The molecule has 3 rings (SSSR count). The number of carbonyl (C=O) groups excluding carboxylic acids is 1. The molecule has 7 nitrogen and oxygen atoms in total. The Labute approximate surface area is 178 Å². The predicted octanol–water partition coefficient (Wildman–Crippen LogP) is 4.32. The van der Waals surface area contributed by atoms with Gasteiger partial charge in [0.25, 0.3) is 0 Å². The zero-order valence-corrected chi connectivity index (χ0v) is 17.8. The predicted molar refractivity (Wildman–Crippen MR) is 113 cm³/mol. The van der Waals surface area contributed by atoms with Crippen molar-refractivity contribution in [3.63, 3.8) is 0 Å². The monoisotopic (exact) mass is 430 g/mol. The van der Waals surface area contributed by atoms with Crippen molar-refractivity contribution >= 4 is 23.4 Å². The molecule has 0 saturated carbocycles. The van der Waals surface area contributed by atoms with E-state index in [0.717, 1.165) is 0 Å². The topological polar surface area (TPSA) is 78.3 Å². The normalized spacial score (nSPS) is 11.7. The first kappa shape index (κ1) is 21.6. The van der Waals surface area contributed by atoms with Crippen LogP contribution in [0.2, 0.25) is 0 Å². The number of rotatable bonds is 9. The molecular weight excluding hydrogens is 407 g/mol. The van der Waals surface area contributed by atoms with Gasteiger partial charge in [-0.3, -0.25) is 4.79 Å². The molecule has 0 aliphatic heterocycles. The molecule has 0 bridgehead atoms. The van der Waals surface area contributed by atoms with Gasteiger partial charge < -0.3 is 19.4 Å². The van der Waals surface area contributed by atoms with Gasteiger partial charge in [-0.1, -0.05) is 23.9 Å². The molecule has 9 heteroatoms. The maximum absolute atomic E-state index is 13.0. The highest BCUT2D eigenvalue weighted by Gasteiger charge is 2.20. The van der Waals surface area contributed by atoms with Crippen molar-refractivity contribution < 1.29 is 18.7 Å². The summed E-state index contributed by atoms with van der Waals surface area (Å²) in [5.41, 5.74) is 0.540.